The zero-order chi connectivity index (χ0) is 9.07. The Balaban J connectivity index is 4.23. The number of aliphatic hydroxyl groups is 1. The highest BCUT2D eigenvalue weighted by Crippen LogP contribution is 2.03. The van der Waals surface area contributed by atoms with Crippen LogP contribution in [-0.4, -0.2) is 43.4 Å². The number of nitrogens with zero attached hydrogens (tertiary/aromatic N) is 1. The summed E-state index contributed by atoms with van der Waals surface area (Å²) in [5.74, 6) is -0.143. The van der Waals surface area contributed by atoms with E-state index in [0.717, 1.165) is 0 Å². The Morgan fingerprint density at radius 2 is 2.09 bits per heavy atom. The number of carbonyl (C=O) groups excluding carboxylic acids is 1. The molecule has 0 aliphatic heterocycles. The third-order valence-electron chi connectivity index (χ3n) is 1.28. The summed E-state index contributed by atoms with van der Waals surface area (Å²) in [6.45, 7) is 1.39. The average molecular weight is 153 g/mol. The lowest BCUT2D eigenvalue weighted by atomic mass is 9.89. The summed E-state index contributed by atoms with van der Waals surface area (Å²) < 4.78 is 0. The molecule has 0 fully saturated rings. The van der Waals surface area contributed by atoms with Gasteiger partial charge in [0.1, 0.15) is 7.85 Å². The van der Waals surface area contributed by atoms with Gasteiger partial charge >= 0.3 is 0 Å². The largest absolute Gasteiger partial charge is 0.381 e. The maximum Gasteiger partial charge on any atom is 0.152 e. The Hall–Kier alpha value is -0.605. The van der Waals surface area contributed by atoms with Crippen LogP contribution in [0.4, 0.5) is 0 Å². The van der Waals surface area contributed by atoms with Crippen molar-refractivity contribution in [3.05, 3.63) is 12.2 Å². The first-order valence-corrected chi connectivity index (χ1v) is 3.25. The molecule has 60 valence electrons. The van der Waals surface area contributed by atoms with Gasteiger partial charge in [0, 0.05) is 0 Å². The molecule has 2 radical (unpaired) electrons. The van der Waals surface area contributed by atoms with E-state index in [2.05, 4.69) is 0 Å². The number of ketones is 1. The molecule has 11 heavy (non-hydrogen) atoms. The first kappa shape index (κ1) is 10.4. The van der Waals surface area contributed by atoms with E-state index in [9.17, 15) is 9.90 Å². The summed E-state index contributed by atoms with van der Waals surface area (Å²) in [6, 6.07) is 0. The first-order valence-electron chi connectivity index (χ1n) is 3.25. The number of allylic oxidation sites excluding steroid dienone is 1. The molecule has 0 aromatic heterocycles. The molecule has 0 heterocycles. The number of likely N-dealkylation sites (N-methyl/N-ethyl adjacent to an activating group) is 1. The molecule has 0 aliphatic carbocycles. The van der Waals surface area contributed by atoms with Gasteiger partial charge in [-0.2, -0.15) is 0 Å². The normalized spacial score (nSPS) is 17.2. The van der Waals surface area contributed by atoms with Crippen LogP contribution in [0.15, 0.2) is 12.2 Å². The molecule has 0 amide bonds. The van der Waals surface area contributed by atoms with Gasteiger partial charge in [-0.3, -0.25) is 9.69 Å². The molecule has 0 bridgehead atoms. The third-order valence-corrected chi connectivity index (χ3v) is 1.28. The second-order valence-corrected chi connectivity index (χ2v) is 2.62. The van der Waals surface area contributed by atoms with Crippen molar-refractivity contribution in [2.24, 2.45) is 0 Å². The van der Waals surface area contributed by atoms with Gasteiger partial charge in [0.25, 0.3) is 0 Å². The van der Waals surface area contributed by atoms with Crippen LogP contribution in [0, 0.1) is 0 Å². The summed E-state index contributed by atoms with van der Waals surface area (Å²) in [5, 5.41) is 9.31. The summed E-state index contributed by atoms with van der Waals surface area (Å²) in [4.78, 5) is 11.8. The third kappa shape index (κ3) is 3.96. The Labute approximate surface area is 68.1 Å². The molecule has 0 aromatic carbocycles. The van der Waals surface area contributed by atoms with Gasteiger partial charge in [-0.25, -0.2) is 0 Å². The number of rotatable bonds is 3. The Bertz CT molecular complexity index is 175. The minimum Gasteiger partial charge on any atom is -0.381 e. The van der Waals surface area contributed by atoms with E-state index < -0.39 is 5.62 Å². The molecule has 0 saturated heterocycles. The quantitative estimate of drug-likeness (QED) is 0.337. The molecular weight excluding hydrogens is 141 g/mol. The van der Waals surface area contributed by atoms with Gasteiger partial charge in [0.2, 0.25) is 0 Å². The average Bonchev–Trinajstić information content (AvgIpc) is 1.84. The lowest BCUT2D eigenvalue weighted by Gasteiger charge is -2.27. The fourth-order valence-electron chi connectivity index (χ4n) is 0.389. The van der Waals surface area contributed by atoms with Gasteiger partial charge in [-0.05, 0) is 33.2 Å². The number of hydrogen-bond donors (Lipinski definition) is 1. The minimum atomic E-state index is -1.54. The highest BCUT2D eigenvalue weighted by atomic mass is 16.3. The van der Waals surface area contributed by atoms with E-state index in [1.807, 2.05) is 0 Å². The summed E-state index contributed by atoms with van der Waals surface area (Å²) in [6.07, 6.45) is 2.48. The topological polar surface area (TPSA) is 40.5 Å². The summed E-state index contributed by atoms with van der Waals surface area (Å²) in [7, 11) is 8.58. The van der Waals surface area contributed by atoms with Crippen LogP contribution in [0.2, 0.25) is 0 Å². The van der Waals surface area contributed by atoms with Crippen LogP contribution in [0.25, 0.3) is 0 Å². The molecular formula is C7H12BNO2. The van der Waals surface area contributed by atoms with Crippen LogP contribution in [0.5, 0.6) is 0 Å². The minimum absolute atomic E-state index is 0.143. The molecule has 1 atom stereocenters. The van der Waals surface area contributed by atoms with Crippen molar-refractivity contribution in [2.75, 3.05) is 14.1 Å². The molecule has 0 rings (SSSR count). The molecule has 0 spiro atoms. The fraction of sp³-hybridized carbons (Fsp3) is 0.571. The SMILES string of the molecule is [B]C(O)(/C=C/C(C)=O)N(C)C. The van der Waals surface area contributed by atoms with Crippen LogP contribution >= 0.6 is 0 Å². The van der Waals surface area contributed by atoms with Gasteiger partial charge in [-0.1, -0.05) is 0 Å². The highest BCUT2D eigenvalue weighted by molar-refractivity contribution is 6.15. The van der Waals surface area contributed by atoms with Gasteiger partial charge in [-0.15, -0.1) is 0 Å². The van der Waals surface area contributed by atoms with Crippen molar-refractivity contribution in [1.82, 2.24) is 4.90 Å². The standard InChI is InChI=1S/C7H12BNO2/c1-6(10)4-5-7(8,11)9(2)3/h4-5,11H,1-3H3/b5-4+. The van der Waals surface area contributed by atoms with Crippen molar-refractivity contribution in [3.8, 4) is 0 Å². The predicted molar refractivity (Wildman–Crippen MR) is 44.2 cm³/mol. The Morgan fingerprint density at radius 3 is 2.36 bits per heavy atom. The van der Waals surface area contributed by atoms with Gasteiger partial charge in [0.15, 0.2) is 5.78 Å². The molecule has 0 saturated carbocycles. The molecule has 0 aliphatic rings. The zero-order valence-corrected chi connectivity index (χ0v) is 7.03. The lowest BCUT2D eigenvalue weighted by molar-refractivity contribution is -0.112. The predicted octanol–water partition coefficient (Wildman–Crippen LogP) is -0.492. The highest BCUT2D eigenvalue weighted by Gasteiger charge is 2.17. The van der Waals surface area contributed by atoms with Crippen LogP contribution < -0.4 is 0 Å². The molecule has 3 nitrogen and oxygen atoms in total. The smallest absolute Gasteiger partial charge is 0.152 e. The van der Waals surface area contributed by atoms with Crippen molar-refractivity contribution < 1.29 is 9.90 Å². The van der Waals surface area contributed by atoms with Gasteiger partial charge < -0.3 is 5.11 Å². The number of carbonyl (C=O) groups is 1. The van der Waals surface area contributed by atoms with Crippen LogP contribution in [0.3, 0.4) is 0 Å². The van der Waals surface area contributed by atoms with E-state index >= 15 is 0 Å². The summed E-state index contributed by atoms with van der Waals surface area (Å²) in [5.41, 5.74) is -1.54. The first-order chi connectivity index (χ1) is 4.86. The van der Waals surface area contributed by atoms with Crippen molar-refractivity contribution in [2.45, 2.75) is 12.5 Å². The monoisotopic (exact) mass is 153 g/mol. The molecule has 4 heteroatoms. The van der Waals surface area contributed by atoms with Gasteiger partial charge in [0.05, 0.1) is 5.62 Å². The second-order valence-electron chi connectivity index (χ2n) is 2.62. The molecule has 1 N–H and O–H groups in total. The summed E-state index contributed by atoms with van der Waals surface area (Å²) >= 11 is 0. The van der Waals surface area contributed by atoms with E-state index in [1.54, 1.807) is 14.1 Å². The van der Waals surface area contributed by atoms with Crippen molar-refractivity contribution in [1.29, 1.82) is 0 Å². The maximum absolute atomic E-state index is 10.4. The molecule has 0 aromatic rings. The Kier molecular flexibility index (Phi) is 3.49. The second kappa shape index (κ2) is 3.69. The van der Waals surface area contributed by atoms with Crippen LogP contribution in [-0.2, 0) is 4.79 Å². The Morgan fingerprint density at radius 1 is 1.64 bits per heavy atom. The van der Waals surface area contributed by atoms with E-state index in [0.29, 0.717) is 0 Å². The van der Waals surface area contributed by atoms with E-state index in [1.165, 1.54) is 24.0 Å². The zero-order valence-electron chi connectivity index (χ0n) is 7.03. The van der Waals surface area contributed by atoms with Crippen molar-refractivity contribution >= 4 is 13.6 Å². The molecule has 1 unspecified atom stereocenters. The van der Waals surface area contributed by atoms with E-state index in [-0.39, 0.29) is 5.78 Å². The van der Waals surface area contributed by atoms with E-state index in [4.69, 9.17) is 7.85 Å². The van der Waals surface area contributed by atoms with Crippen molar-refractivity contribution in [3.63, 3.8) is 0 Å². The lowest BCUT2D eigenvalue weighted by Crippen LogP contribution is -2.42. The maximum atomic E-state index is 10.4. The van der Waals surface area contributed by atoms with Crippen LogP contribution in [0.1, 0.15) is 6.92 Å². The fourth-order valence-corrected chi connectivity index (χ4v) is 0.389. The number of hydrogen-bond acceptors (Lipinski definition) is 3.